The number of esters is 1. The fourth-order valence-electron chi connectivity index (χ4n) is 3.43. The van der Waals surface area contributed by atoms with Crippen LogP contribution in [0, 0.1) is 17.3 Å². The molecule has 6 heteroatoms. The molecule has 1 aliphatic carbocycles. The minimum absolute atomic E-state index is 0.0449. The number of nitrogens with one attached hydrogen (secondary N) is 1. The van der Waals surface area contributed by atoms with Gasteiger partial charge in [0.25, 0.3) is 0 Å². The first-order chi connectivity index (χ1) is 8.39. The van der Waals surface area contributed by atoms with Gasteiger partial charge < -0.3 is 10.1 Å². The molecule has 0 bridgehead atoms. The molecule has 104 valence electrons. The Morgan fingerprint density at radius 2 is 2.17 bits per heavy atom. The maximum absolute atomic E-state index is 12.9. The summed E-state index contributed by atoms with van der Waals surface area (Å²) < 4.78 is 43.3. The van der Waals surface area contributed by atoms with Gasteiger partial charge in [-0.1, -0.05) is 6.42 Å². The minimum Gasteiger partial charge on any atom is -0.469 e. The molecule has 2 aliphatic rings. The molecule has 1 aliphatic heterocycles. The van der Waals surface area contributed by atoms with Gasteiger partial charge in [0.15, 0.2) is 0 Å². The Labute approximate surface area is 104 Å². The third-order valence-corrected chi connectivity index (χ3v) is 4.39. The molecule has 1 saturated carbocycles. The van der Waals surface area contributed by atoms with E-state index in [0.717, 1.165) is 0 Å². The Kier molecular flexibility index (Phi) is 3.58. The van der Waals surface area contributed by atoms with Gasteiger partial charge in [-0.25, -0.2) is 0 Å². The number of methoxy groups -OCH3 is 1. The zero-order valence-electron chi connectivity index (χ0n) is 10.3. The van der Waals surface area contributed by atoms with Crippen molar-refractivity contribution in [3.63, 3.8) is 0 Å². The fraction of sp³-hybridized carbons (Fsp3) is 0.917. The molecule has 0 aromatic carbocycles. The Balaban J connectivity index is 2.17. The lowest BCUT2D eigenvalue weighted by molar-refractivity contribution is -0.195. The minimum atomic E-state index is -4.16. The second kappa shape index (κ2) is 4.72. The summed E-state index contributed by atoms with van der Waals surface area (Å²) in [6.45, 7) is 0.913. The highest BCUT2D eigenvalue weighted by atomic mass is 19.4. The Morgan fingerprint density at radius 1 is 1.44 bits per heavy atom. The molecule has 0 amide bonds. The topological polar surface area (TPSA) is 38.3 Å². The fourth-order valence-corrected chi connectivity index (χ4v) is 3.43. The van der Waals surface area contributed by atoms with E-state index in [2.05, 4.69) is 5.32 Å². The van der Waals surface area contributed by atoms with Gasteiger partial charge in [-0.05, 0) is 24.7 Å². The first-order valence-electron chi connectivity index (χ1n) is 6.24. The van der Waals surface area contributed by atoms with Crippen molar-refractivity contribution < 1.29 is 22.7 Å². The van der Waals surface area contributed by atoms with Crippen LogP contribution < -0.4 is 5.32 Å². The van der Waals surface area contributed by atoms with Gasteiger partial charge in [-0.3, -0.25) is 4.79 Å². The lowest BCUT2D eigenvalue weighted by Gasteiger charge is -2.41. The largest absolute Gasteiger partial charge is 0.469 e. The van der Waals surface area contributed by atoms with Gasteiger partial charge in [0, 0.05) is 13.1 Å². The van der Waals surface area contributed by atoms with Crippen molar-refractivity contribution in [2.24, 2.45) is 17.3 Å². The van der Waals surface area contributed by atoms with Crippen LogP contribution >= 0.6 is 0 Å². The average molecular weight is 265 g/mol. The summed E-state index contributed by atoms with van der Waals surface area (Å²) in [6, 6.07) is 0. The molecule has 3 atom stereocenters. The first-order valence-corrected chi connectivity index (χ1v) is 6.24. The lowest BCUT2D eigenvalue weighted by Crippen LogP contribution is -2.43. The third kappa shape index (κ3) is 2.35. The van der Waals surface area contributed by atoms with Crippen molar-refractivity contribution in [2.45, 2.75) is 31.9 Å². The number of carbonyl (C=O) groups is 1. The van der Waals surface area contributed by atoms with Crippen molar-refractivity contribution in [1.82, 2.24) is 5.32 Å². The molecule has 1 spiro atoms. The Hall–Kier alpha value is -0.780. The molecule has 18 heavy (non-hydrogen) atoms. The van der Waals surface area contributed by atoms with Gasteiger partial charge in [0.05, 0.1) is 18.9 Å². The van der Waals surface area contributed by atoms with E-state index in [1.54, 1.807) is 0 Å². The first kappa shape index (κ1) is 13.6. The Morgan fingerprint density at radius 3 is 2.78 bits per heavy atom. The summed E-state index contributed by atoms with van der Waals surface area (Å²) >= 11 is 0. The molecule has 3 nitrogen and oxygen atoms in total. The molecule has 3 unspecified atom stereocenters. The van der Waals surface area contributed by atoms with E-state index in [4.69, 9.17) is 4.74 Å². The monoisotopic (exact) mass is 265 g/mol. The van der Waals surface area contributed by atoms with Crippen molar-refractivity contribution in [1.29, 1.82) is 0 Å². The maximum atomic E-state index is 12.9. The molecular weight excluding hydrogens is 247 g/mol. The molecule has 2 rings (SSSR count). The zero-order chi connectivity index (χ0) is 13.4. The number of hydrogen-bond donors (Lipinski definition) is 1. The molecular formula is C12H18F3NO2. The van der Waals surface area contributed by atoms with Crippen LogP contribution in [0.4, 0.5) is 13.2 Å². The highest BCUT2D eigenvalue weighted by Crippen LogP contribution is 2.51. The molecule has 1 heterocycles. The van der Waals surface area contributed by atoms with Gasteiger partial charge in [-0.2, -0.15) is 13.2 Å². The van der Waals surface area contributed by atoms with Crippen LogP contribution in [0.1, 0.15) is 25.7 Å². The van der Waals surface area contributed by atoms with Gasteiger partial charge in [0.1, 0.15) is 0 Å². The van der Waals surface area contributed by atoms with Gasteiger partial charge in [0.2, 0.25) is 0 Å². The summed E-state index contributed by atoms with van der Waals surface area (Å²) in [5.41, 5.74) is -0.564. The predicted octanol–water partition coefficient (Wildman–Crippen LogP) is 2.12. The van der Waals surface area contributed by atoms with E-state index in [1.807, 2.05) is 0 Å². The summed E-state index contributed by atoms with van der Waals surface area (Å²) in [7, 11) is 1.29. The second-order valence-electron chi connectivity index (χ2n) is 5.40. The number of alkyl halides is 3. The standard InChI is InChI=1S/C12H18F3NO2/c1-18-10(17)9-6-16-7-11(9)4-2-3-8(5-11)12(13,14)15/h8-9,16H,2-7H2,1H3. The molecule has 2 fully saturated rings. The van der Waals surface area contributed by atoms with Crippen molar-refractivity contribution in [2.75, 3.05) is 20.2 Å². The van der Waals surface area contributed by atoms with Crippen LogP contribution in [-0.2, 0) is 9.53 Å². The number of carbonyl (C=O) groups excluding carboxylic acids is 1. The van der Waals surface area contributed by atoms with Crippen LogP contribution in [0.25, 0.3) is 0 Å². The molecule has 0 aromatic heterocycles. The van der Waals surface area contributed by atoms with E-state index < -0.39 is 23.4 Å². The molecule has 1 N–H and O–H groups in total. The van der Waals surface area contributed by atoms with Crippen LogP contribution in [0.2, 0.25) is 0 Å². The van der Waals surface area contributed by atoms with E-state index in [9.17, 15) is 18.0 Å². The number of halogens is 3. The zero-order valence-corrected chi connectivity index (χ0v) is 10.3. The van der Waals surface area contributed by atoms with Crippen LogP contribution in [0.5, 0.6) is 0 Å². The SMILES string of the molecule is COC(=O)C1CNCC12CCCC(C(F)(F)F)C2. The van der Waals surface area contributed by atoms with E-state index in [1.165, 1.54) is 7.11 Å². The van der Waals surface area contributed by atoms with E-state index >= 15 is 0 Å². The molecule has 0 radical (unpaired) electrons. The van der Waals surface area contributed by atoms with Crippen molar-refractivity contribution in [3.8, 4) is 0 Å². The van der Waals surface area contributed by atoms with Crippen LogP contribution in [-0.4, -0.2) is 32.3 Å². The second-order valence-corrected chi connectivity index (χ2v) is 5.40. The van der Waals surface area contributed by atoms with E-state index in [0.29, 0.717) is 25.9 Å². The van der Waals surface area contributed by atoms with E-state index in [-0.39, 0.29) is 18.8 Å². The van der Waals surface area contributed by atoms with Gasteiger partial charge >= 0.3 is 12.1 Å². The quantitative estimate of drug-likeness (QED) is 0.738. The predicted molar refractivity (Wildman–Crippen MR) is 58.8 cm³/mol. The summed E-state index contributed by atoms with van der Waals surface area (Å²) in [4.78, 5) is 11.7. The number of ether oxygens (including phenoxy) is 1. The average Bonchev–Trinajstić information content (AvgIpc) is 2.70. The Bertz CT molecular complexity index is 332. The summed E-state index contributed by atoms with van der Waals surface area (Å²) in [5.74, 6) is -2.10. The van der Waals surface area contributed by atoms with Crippen LogP contribution in [0.15, 0.2) is 0 Å². The van der Waals surface area contributed by atoms with Crippen molar-refractivity contribution >= 4 is 5.97 Å². The number of hydrogen-bond acceptors (Lipinski definition) is 3. The molecule has 0 aromatic rings. The van der Waals surface area contributed by atoms with Crippen molar-refractivity contribution in [3.05, 3.63) is 0 Å². The molecule has 1 saturated heterocycles. The third-order valence-electron chi connectivity index (χ3n) is 4.39. The maximum Gasteiger partial charge on any atom is 0.391 e. The van der Waals surface area contributed by atoms with Crippen LogP contribution in [0.3, 0.4) is 0 Å². The summed E-state index contributed by atoms with van der Waals surface area (Å²) in [5, 5.41) is 3.05. The lowest BCUT2D eigenvalue weighted by atomic mass is 9.64. The number of rotatable bonds is 1. The normalized spacial score (nSPS) is 36.9. The van der Waals surface area contributed by atoms with Gasteiger partial charge in [-0.15, -0.1) is 0 Å². The summed E-state index contributed by atoms with van der Waals surface area (Å²) in [6.07, 6.45) is -2.73. The highest BCUT2D eigenvalue weighted by molar-refractivity contribution is 5.74. The highest BCUT2D eigenvalue weighted by Gasteiger charge is 2.54. The smallest absolute Gasteiger partial charge is 0.391 e.